The van der Waals surface area contributed by atoms with Gasteiger partial charge in [-0.3, -0.25) is 0 Å². The van der Waals surface area contributed by atoms with Crippen molar-refractivity contribution in [1.82, 2.24) is 0 Å². The van der Waals surface area contributed by atoms with Gasteiger partial charge in [0, 0.05) is 17.2 Å². The Balaban J connectivity index is 1.88. The highest BCUT2D eigenvalue weighted by Crippen LogP contribution is 2.51. The summed E-state index contributed by atoms with van der Waals surface area (Å²) in [4.78, 5) is 11.5. The molecule has 1 heterocycles. The average Bonchev–Trinajstić information content (AvgIpc) is 3.06. The van der Waals surface area contributed by atoms with Crippen molar-refractivity contribution < 1.29 is 9.90 Å². The van der Waals surface area contributed by atoms with Gasteiger partial charge in [-0.05, 0) is 29.5 Å². The molecule has 122 valence electrons. The van der Waals surface area contributed by atoms with Crippen molar-refractivity contribution in [2.45, 2.75) is 18.4 Å². The molecule has 2 aliphatic rings. The summed E-state index contributed by atoms with van der Waals surface area (Å²) in [5.74, 6) is -0.762. The SMILES string of the molecule is O=C([O-])c1cccc2c1N[C@H](c1cccc(Cl)c1Cl)[C@@H]1CC=C[C@H]21. The van der Waals surface area contributed by atoms with Gasteiger partial charge in [0.15, 0.2) is 0 Å². The molecule has 0 fully saturated rings. The van der Waals surface area contributed by atoms with E-state index < -0.39 is 5.97 Å². The molecule has 5 heteroatoms. The van der Waals surface area contributed by atoms with Crippen molar-refractivity contribution in [3.8, 4) is 0 Å². The molecule has 0 bridgehead atoms. The Morgan fingerprint density at radius 1 is 1.12 bits per heavy atom. The average molecular weight is 359 g/mol. The number of carbonyl (C=O) groups is 1. The smallest absolute Gasteiger partial charge is 0.0736 e. The summed E-state index contributed by atoms with van der Waals surface area (Å²) in [5, 5.41) is 15.9. The number of para-hydroxylation sites is 1. The number of fused-ring (bicyclic) bond motifs is 3. The molecule has 3 atom stereocenters. The van der Waals surface area contributed by atoms with Crippen LogP contribution in [0.15, 0.2) is 48.6 Å². The van der Waals surface area contributed by atoms with Crippen molar-refractivity contribution in [2.75, 3.05) is 5.32 Å². The summed E-state index contributed by atoms with van der Waals surface area (Å²) < 4.78 is 0. The molecule has 3 nitrogen and oxygen atoms in total. The van der Waals surface area contributed by atoms with Crippen molar-refractivity contribution >= 4 is 34.9 Å². The molecule has 1 aliphatic heterocycles. The van der Waals surface area contributed by atoms with Crippen LogP contribution in [-0.4, -0.2) is 5.97 Å². The van der Waals surface area contributed by atoms with Crippen LogP contribution >= 0.6 is 23.2 Å². The van der Waals surface area contributed by atoms with Crippen LogP contribution in [0.5, 0.6) is 0 Å². The summed E-state index contributed by atoms with van der Waals surface area (Å²) in [6.07, 6.45) is 5.19. The molecule has 2 aromatic carbocycles. The molecule has 4 rings (SSSR count). The molecule has 0 amide bonds. The van der Waals surface area contributed by atoms with Gasteiger partial charge in [0.05, 0.1) is 22.1 Å². The summed E-state index contributed by atoms with van der Waals surface area (Å²) >= 11 is 12.6. The fourth-order valence-corrected chi connectivity index (χ4v) is 4.29. The summed E-state index contributed by atoms with van der Waals surface area (Å²) in [6, 6.07) is 10.7. The van der Waals surface area contributed by atoms with E-state index in [4.69, 9.17) is 23.2 Å². The Kier molecular flexibility index (Phi) is 3.78. The standard InChI is InChI=1S/C19H15Cl2NO2/c20-15-9-3-7-13(16(15)21)17-11-5-1-4-10(11)12-6-2-8-14(19(23)24)18(12)22-17/h1-4,6-11,17,22H,5H2,(H,23,24)/p-1/t10-,11+,17-/m0/s1. The van der Waals surface area contributed by atoms with E-state index in [-0.39, 0.29) is 23.4 Å². The van der Waals surface area contributed by atoms with Crippen LogP contribution in [0.1, 0.15) is 39.9 Å². The largest absolute Gasteiger partial charge is 0.545 e. The molecule has 1 aliphatic carbocycles. The van der Waals surface area contributed by atoms with Gasteiger partial charge in [0.25, 0.3) is 0 Å². The van der Waals surface area contributed by atoms with E-state index in [2.05, 4.69) is 17.5 Å². The van der Waals surface area contributed by atoms with E-state index in [1.54, 1.807) is 18.2 Å². The number of benzene rings is 2. The normalized spacial score (nSPS) is 24.2. The number of aromatic carboxylic acids is 1. The first-order valence-electron chi connectivity index (χ1n) is 7.79. The zero-order valence-electron chi connectivity index (χ0n) is 12.6. The molecule has 1 N–H and O–H groups in total. The number of anilines is 1. The van der Waals surface area contributed by atoms with Gasteiger partial charge in [-0.15, -0.1) is 0 Å². The van der Waals surface area contributed by atoms with E-state index in [0.29, 0.717) is 15.7 Å². The first-order chi connectivity index (χ1) is 11.6. The molecule has 24 heavy (non-hydrogen) atoms. The highest BCUT2D eigenvalue weighted by atomic mass is 35.5. The third-order valence-corrected chi connectivity index (χ3v) is 5.77. The van der Waals surface area contributed by atoms with Gasteiger partial charge < -0.3 is 15.2 Å². The predicted molar refractivity (Wildman–Crippen MR) is 93.6 cm³/mol. The lowest BCUT2D eigenvalue weighted by Crippen LogP contribution is -2.32. The van der Waals surface area contributed by atoms with Crippen molar-refractivity contribution in [2.24, 2.45) is 5.92 Å². The van der Waals surface area contributed by atoms with Crippen LogP contribution in [0.2, 0.25) is 10.0 Å². The van der Waals surface area contributed by atoms with E-state index in [1.807, 2.05) is 18.2 Å². The van der Waals surface area contributed by atoms with Gasteiger partial charge >= 0.3 is 0 Å². The lowest BCUT2D eigenvalue weighted by atomic mass is 9.76. The van der Waals surface area contributed by atoms with E-state index in [1.165, 1.54) is 0 Å². The van der Waals surface area contributed by atoms with Gasteiger partial charge in [-0.1, -0.05) is 65.7 Å². The molecule has 0 aromatic heterocycles. The van der Waals surface area contributed by atoms with Gasteiger partial charge in [-0.25, -0.2) is 0 Å². The number of halogens is 2. The third-order valence-electron chi connectivity index (χ3n) is 4.93. The number of hydrogen-bond acceptors (Lipinski definition) is 3. The highest BCUT2D eigenvalue weighted by molar-refractivity contribution is 6.42. The Labute approximate surface area is 149 Å². The molecule has 0 unspecified atom stereocenters. The van der Waals surface area contributed by atoms with Crippen LogP contribution in [0.25, 0.3) is 0 Å². The van der Waals surface area contributed by atoms with Crippen molar-refractivity contribution in [3.63, 3.8) is 0 Å². The number of carbonyl (C=O) groups excluding carboxylic acids is 1. The first kappa shape index (κ1) is 15.6. The topological polar surface area (TPSA) is 52.2 Å². The number of nitrogens with one attached hydrogen (secondary N) is 1. The summed E-state index contributed by atoms with van der Waals surface area (Å²) in [7, 11) is 0. The monoisotopic (exact) mass is 358 g/mol. The molecule has 0 spiro atoms. The maximum absolute atomic E-state index is 11.5. The lowest BCUT2D eigenvalue weighted by Gasteiger charge is -2.39. The minimum atomic E-state index is -1.18. The predicted octanol–water partition coefficient (Wildman–Crippen LogP) is 4.18. The zero-order valence-corrected chi connectivity index (χ0v) is 14.1. The van der Waals surface area contributed by atoms with Gasteiger partial charge in [0.1, 0.15) is 0 Å². The Bertz CT molecular complexity index is 862. The Hall–Kier alpha value is -1.97. The number of hydrogen-bond donors (Lipinski definition) is 1. The Morgan fingerprint density at radius 3 is 2.67 bits per heavy atom. The van der Waals surface area contributed by atoms with Gasteiger partial charge in [-0.2, -0.15) is 0 Å². The van der Waals surface area contributed by atoms with E-state index in [9.17, 15) is 9.90 Å². The minimum absolute atomic E-state index is 0.107. The van der Waals surface area contributed by atoms with Crippen molar-refractivity contribution in [3.05, 3.63) is 75.3 Å². The second-order valence-corrected chi connectivity index (χ2v) is 6.96. The maximum Gasteiger partial charge on any atom is 0.0736 e. The van der Waals surface area contributed by atoms with Crippen LogP contribution in [0, 0.1) is 5.92 Å². The summed E-state index contributed by atoms with van der Waals surface area (Å²) in [6.45, 7) is 0. The number of allylic oxidation sites excluding steroid dienone is 2. The molecule has 0 radical (unpaired) electrons. The van der Waals surface area contributed by atoms with E-state index in [0.717, 1.165) is 17.5 Å². The van der Waals surface area contributed by atoms with Crippen LogP contribution in [-0.2, 0) is 0 Å². The molecular formula is C19H14Cl2NO2-. The van der Waals surface area contributed by atoms with Crippen LogP contribution in [0.4, 0.5) is 5.69 Å². The van der Waals surface area contributed by atoms with Gasteiger partial charge in [0.2, 0.25) is 0 Å². The van der Waals surface area contributed by atoms with Crippen LogP contribution in [0.3, 0.4) is 0 Å². The molecule has 2 aromatic rings. The quantitative estimate of drug-likeness (QED) is 0.819. The third kappa shape index (κ3) is 2.31. The lowest BCUT2D eigenvalue weighted by molar-refractivity contribution is -0.254. The first-order valence-corrected chi connectivity index (χ1v) is 8.55. The second-order valence-electron chi connectivity index (χ2n) is 6.18. The fourth-order valence-electron chi connectivity index (χ4n) is 3.86. The van der Waals surface area contributed by atoms with Crippen molar-refractivity contribution in [1.29, 1.82) is 0 Å². The minimum Gasteiger partial charge on any atom is -0.545 e. The zero-order chi connectivity index (χ0) is 16.8. The fraction of sp³-hybridized carbons (Fsp3) is 0.211. The second kappa shape index (κ2) is 5.83. The van der Waals surface area contributed by atoms with Crippen LogP contribution < -0.4 is 10.4 Å². The molecule has 0 saturated heterocycles. The molecule has 0 saturated carbocycles. The Morgan fingerprint density at radius 2 is 1.88 bits per heavy atom. The van der Waals surface area contributed by atoms with E-state index >= 15 is 0 Å². The number of carboxylic acids is 1. The highest BCUT2D eigenvalue weighted by Gasteiger charge is 2.39. The number of rotatable bonds is 2. The summed E-state index contributed by atoms with van der Waals surface area (Å²) in [5.41, 5.74) is 2.67. The maximum atomic E-state index is 11.5. The number of carboxylic acid groups (broad SMARTS) is 1. The molecular weight excluding hydrogens is 345 g/mol.